The third-order valence-corrected chi connectivity index (χ3v) is 7.21. The van der Waals surface area contributed by atoms with Gasteiger partial charge in [-0.05, 0) is 105 Å². The molecule has 0 fully saturated rings. The van der Waals surface area contributed by atoms with Gasteiger partial charge in [0.15, 0.2) is 0 Å². The first-order valence-electron chi connectivity index (χ1n) is 13.0. The van der Waals surface area contributed by atoms with Gasteiger partial charge in [-0.25, -0.2) is 0 Å². The van der Waals surface area contributed by atoms with Crippen LogP contribution < -0.4 is 0 Å². The highest BCUT2D eigenvalue weighted by atomic mass is 15.0. The van der Waals surface area contributed by atoms with Gasteiger partial charge in [-0.3, -0.25) is 0 Å². The lowest BCUT2D eigenvalue weighted by molar-refractivity contribution is 1.17. The Hall–Kier alpha value is -4.10. The fourth-order valence-electron chi connectivity index (χ4n) is 5.61. The third kappa shape index (κ3) is 4.58. The van der Waals surface area contributed by atoms with Crippen molar-refractivity contribution in [3.63, 3.8) is 0 Å². The van der Waals surface area contributed by atoms with E-state index in [1.54, 1.807) is 0 Å². The maximum atomic E-state index is 4.08. The number of fused-ring (bicyclic) bond motifs is 3. The van der Waals surface area contributed by atoms with Gasteiger partial charge in [0.2, 0.25) is 0 Å². The van der Waals surface area contributed by atoms with Crippen molar-refractivity contribution in [1.29, 1.82) is 0 Å². The molecular formula is C36H35N. The maximum Gasteiger partial charge on any atom is 0.0547 e. The van der Waals surface area contributed by atoms with Crippen molar-refractivity contribution in [2.75, 3.05) is 0 Å². The van der Waals surface area contributed by atoms with Gasteiger partial charge < -0.3 is 4.57 Å². The minimum atomic E-state index is 1.06. The Balaban J connectivity index is 1.82. The first-order chi connectivity index (χ1) is 17.8. The number of hydrogen-bond donors (Lipinski definition) is 0. The molecule has 37 heavy (non-hydrogen) atoms. The second-order valence-corrected chi connectivity index (χ2v) is 10.3. The molecule has 0 amide bonds. The van der Waals surface area contributed by atoms with E-state index in [1.165, 1.54) is 72.0 Å². The van der Waals surface area contributed by atoms with E-state index in [0.717, 1.165) is 5.57 Å². The summed E-state index contributed by atoms with van der Waals surface area (Å²) in [7, 11) is 0. The van der Waals surface area contributed by atoms with Crippen LogP contribution in [0.2, 0.25) is 0 Å². The van der Waals surface area contributed by atoms with Crippen LogP contribution in [0, 0.1) is 20.8 Å². The summed E-state index contributed by atoms with van der Waals surface area (Å²) in [4.78, 5) is 0. The first kappa shape index (κ1) is 24.6. The van der Waals surface area contributed by atoms with E-state index in [-0.39, 0.29) is 0 Å². The Bertz CT molecular complexity index is 1740. The van der Waals surface area contributed by atoms with Crippen LogP contribution >= 0.6 is 0 Å². The lowest BCUT2D eigenvalue weighted by Crippen LogP contribution is -1.96. The van der Waals surface area contributed by atoms with E-state index in [2.05, 4.69) is 137 Å². The number of benzene rings is 4. The molecular weight excluding hydrogens is 446 g/mol. The van der Waals surface area contributed by atoms with Crippen molar-refractivity contribution in [3.8, 4) is 16.8 Å². The maximum absolute atomic E-state index is 4.08. The molecule has 0 aliphatic rings. The second-order valence-electron chi connectivity index (χ2n) is 10.3. The van der Waals surface area contributed by atoms with Crippen LogP contribution in [-0.2, 0) is 0 Å². The highest BCUT2D eigenvalue weighted by molar-refractivity contribution is 6.11. The normalized spacial score (nSPS) is 12.5. The molecule has 0 saturated carbocycles. The summed E-state index contributed by atoms with van der Waals surface area (Å²) in [5.74, 6) is 0. The van der Waals surface area contributed by atoms with E-state index in [0.29, 0.717) is 0 Å². The van der Waals surface area contributed by atoms with Crippen LogP contribution in [0.25, 0.3) is 44.2 Å². The minimum absolute atomic E-state index is 1.06. The zero-order valence-corrected chi connectivity index (χ0v) is 22.8. The topological polar surface area (TPSA) is 4.93 Å². The second kappa shape index (κ2) is 9.75. The van der Waals surface area contributed by atoms with Crippen molar-refractivity contribution in [2.24, 2.45) is 0 Å². The van der Waals surface area contributed by atoms with Gasteiger partial charge in [-0.1, -0.05) is 84.5 Å². The third-order valence-electron chi connectivity index (χ3n) is 7.21. The molecule has 0 unspecified atom stereocenters. The summed E-state index contributed by atoms with van der Waals surface area (Å²) in [5, 5.41) is 2.54. The number of nitrogens with zero attached hydrogens (tertiary/aromatic N) is 1. The van der Waals surface area contributed by atoms with Gasteiger partial charge in [0.25, 0.3) is 0 Å². The quantitative estimate of drug-likeness (QED) is 0.220. The first-order valence-corrected chi connectivity index (χ1v) is 13.0. The van der Waals surface area contributed by atoms with Crippen LogP contribution in [0.15, 0.2) is 109 Å². The Morgan fingerprint density at radius 2 is 1.46 bits per heavy atom. The van der Waals surface area contributed by atoms with Crippen molar-refractivity contribution in [1.82, 2.24) is 4.57 Å². The predicted octanol–water partition coefficient (Wildman–Crippen LogP) is 10.3. The molecule has 0 saturated heterocycles. The zero-order chi connectivity index (χ0) is 26.3. The predicted molar refractivity (Wildman–Crippen MR) is 163 cm³/mol. The lowest BCUT2D eigenvalue weighted by atomic mass is 9.96. The van der Waals surface area contributed by atoms with E-state index in [4.69, 9.17) is 0 Å². The molecule has 1 heteroatoms. The molecule has 184 valence electrons. The van der Waals surface area contributed by atoms with Crippen LogP contribution in [0.3, 0.4) is 0 Å². The average molecular weight is 482 g/mol. The monoisotopic (exact) mass is 481 g/mol. The van der Waals surface area contributed by atoms with Crippen molar-refractivity contribution < 1.29 is 0 Å². The number of rotatable bonds is 5. The number of hydrogen-bond acceptors (Lipinski definition) is 0. The summed E-state index contributed by atoms with van der Waals surface area (Å²) in [6.45, 7) is 16.9. The van der Waals surface area contributed by atoms with Crippen molar-refractivity contribution in [3.05, 3.63) is 131 Å². The standard InChI is InChI=1S/C36H35N/c1-8-31(26(6)18-23(2)3)28-13-16-33-34-17-14-29(32-15-12-25(5)19-27(32)7)22-36(34)37(35(33)21-28)30-11-9-10-24(4)20-30/h8-22H,2H2,1,3-7H3/b26-18-,31-8-. The summed E-state index contributed by atoms with van der Waals surface area (Å²) >= 11 is 0. The van der Waals surface area contributed by atoms with Gasteiger partial charge in [-0.15, -0.1) is 0 Å². The molecule has 0 atom stereocenters. The molecule has 0 spiro atoms. The highest BCUT2D eigenvalue weighted by Gasteiger charge is 2.16. The van der Waals surface area contributed by atoms with E-state index in [1.807, 2.05) is 6.92 Å². The van der Waals surface area contributed by atoms with Gasteiger partial charge in [-0.2, -0.15) is 0 Å². The van der Waals surface area contributed by atoms with E-state index < -0.39 is 0 Å². The Morgan fingerprint density at radius 3 is 2.14 bits per heavy atom. The molecule has 1 heterocycles. The fourth-order valence-corrected chi connectivity index (χ4v) is 5.61. The summed E-state index contributed by atoms with van der Waals surface area (Å²) in [6.07, 6.45) is 4.36. The summed E-state index contributed by atoms with van der Waals surface area (Å²) in [6, 6.07) is 29.3. The molecule has 5 rings (SSSR count). The van der Waals surface area contributed by atoms with Crippen molar-refractivity contribution in [2.45, 2.75) is 41.5 Å². The van der Waals surface area contributed by atoms with Crippen LogP contribution in [0.4, 0.5) is 0 Å². The largest absolute Gasteiger partial charge is 0.309 e. The molecule has 0 N–H and O–H groups in total. The smallest absolute Gasteiger partial charge is 0.0547 e. The Labute approximate surface area is 221 Å². The molecule has 1 nitrogen and oxygen atoms in total. The van der Waals surface area contributed by atoms with Crippen LogP contribution in [-0.4, -0.2) is 4.57 Å². The molecule has 0 aliphatic heterocycles. The number of allylic oxidation sites excluding steroid dienone is 5. The Morgan fingerprint density at radius 1 is 0.757 bits per heavy atom. The zero-order valence-electron chi connectivity index (χ0n) is 22.8. The minimum Gasteiger partial charge on any atom is -0.309 e. The highest BCUT2D eigenvalue weighted by Crippen LogP contribution is 2.37. The summed E-state index contributed by atoms with van der Waals surface area (Å²) in [5.41, 5.74) is 14.8. The van der Waals surface area contributed by atoms with Crippen LogP contribution in [0.1, 0.15) is 43.0 Å². The SMILES string of the molecule is C=C(C)/C=C(C)\C(=C\C)c1ccc2c3ccc(-c4ccc(C)cc4C)cc3n(-c3cccc(C)c3)c2c1. The number of aromatic nitrogens is 1. The molecule has 4 aromatic carbocycles. The van der Waals surface area contributed by atoms with Gasteiger partial charge >= 0.3 is 0 Å². The molecule has 0 radical (unpaired) electrons. The van der Waals surface area contributed by atoms with Gasteiger partial charge in [0, 0.05) is 16.5 Å². The molecule has 1 aromatic heterocycles. The van der Waals surface area contributed by atoms with E-state index >= 15 is 0 Å². The molecule has 0 aliphatic carbocycles. The van der Waals surface area contributed by atoms with E-state index in [9.17, 15) is 0 Å². The van der Waals surface area contributed by atoms with Crippen molar-refractivity contribution >= 4 is 27.4 Å². The molecule has 5 aromatic rings. The molecule has 0 bridgehead atoms. The van der Waals surface area contributed by atoms with Gasteiger partial charge in [0.1, 0.15) is 0 Å². The Kier molecular flexibility index (Phi) is 6.48. The van der Waals surface area contributed by atoms with Crippen LogP contribution in [0.5, 0.6) is 0 Å². The summed E-state index contributed by atoms with van der Waals surface area (Å²) < 4.78 is 2.43. The van der Waals surface area contributed by atoms with Gasteiger partial charge in [0.05, 0.1) is 11.0 Å². The lowest BCUT2D eigenvalue weighted by Gasteiger charge is -2.13. The average Bonchev–Trinajstić information content (AvgIpc) is 3.17. The fraction of sp³-hybridized carbons (Fsp3) is 0.167. The number of aryl methyl sites for hydroxylation is 3.